The zero-order valence-electron chi connectivity index (χ0n) is 11.7. The van der Waals surface area contributed by atoms with Gasteiger partial charge in [-0.25, -0.2) is 4.98 Å². The number of unbranched alkanes of at least 4 members (excludes halogenated alkanes) is 2. The first-order valence-corrected chi connectivity index (χ1v) is 7.53. The molecule has 1 N–H and O–H groups in total. The lowest BCUT2D eigenvalue weighted by Gasteiger charge is -2.24. The topological polar surface area (TPSA) is 24.9 Å². The highest BCUT2D eigenvalue weighted by Gasteiger charge is 2.16. The Bertz CT molecular complexity index is 318. The first-order chi connectivity index (χ1) is 8.03. The van der Waals surface area contributed by atoms with Gasteiger partial charge in [0.05, 0.1) is 10.7 Å². The minimum absolute atomic E-state index is 0.403. The van der Waals surface area contributed by atoms with Crippen molar-refractivity contribution in [1.29, 1.82) is 0 Å². The Morgan fingerprint density at radius 2 is 2.12 bits per heavy atom. The Labute approximate surface area is 110 Å². The molecule has 1 aromatic heterocycles. The molecule has 0 bridgehead atoms. The summed E-state index contributed by atoms with van der Waals surface area (Å²) >= 11 is 1.73. The second-order valence-electron chi connectivity index (χ2n) is 5.58. The average Bonchev–Trinajstić information content (AvgIpc) is 2.64. The number of rotatable bonds is 8. The highest BCUT2D eigenvalue weighted by Crippen LogP contribution is 2.22. The van der Waals surface area contributed by atoms with Gasteiger partial charge in [0.2, 0.25) is 0 Å². The second-order valence-corrected chi connectivity index (χ2v) is 6.64. The number of aromatic nitrogens is 1. The highest BCUT2D eigenvalue weighted by molar-refractivity contribution is 7.09. The molecule has 0 amide bonds. The van der Waals surface area contributed by atoms with Crippen LogP contribution in [0.1, 0.15) is 57.2 Å². The molecule has 0 aliphatic rings. The highest BCUT2D eigenvalue weighted by atomic mass is 32.1. The predicted molar refractivity (Wildman–Crippen MR) is 76.5 cm³/mol. The Morgan fingerprint density at radius 3 is 2.71 bits per heavy atom. The van der Waals surface area contributed by atoms with Crippen molar-refractivity contribution in [2.24, 2.45) is 5.41 Å². The van der Waals surface area contributed by atoms with Gasteiger partial charge >= 0.3 is 0 Å². The molecule has 1 heterocycles. The van der Waals surface area contributed by atoms with Gasteiger partial charge in [-0.2, -0.15) is 0 Å². The molecule has 1 aromatic rings. The van der Waals surface area contributed by atoms with Crippen LogP contribution in [0.2, 0.25) is 0 Å². The normalized spacial score (nSPS) is 12.0. The van der Waals surface area contributed by atoms with Gasteiger partial charge < -0.3 is 5.32 Å². The smallest absolute Gasteiger partial charge is 0.0897 e. The van der Waals surface area contributed by atoms with Crippen molar-refractivity contribution in [2.45, 2.75) is 59.9 Å². The summed E-state index contributed by atoms with van der Waals surface area (Å²) in [5, 5.41) is 6.83. The molecule has 0 aliphatic carbocycles. The van der Waals surface area contributed by atoms with E-state index in [1.54, 1.807) is 11.3 Å². The lowest BCUT2D eigenvalue weighted by molar-refractivity contribution is 0.301. The number of nitrogens with zero attached hydrogens (tertiary/aromatic N) is 1. The quantitative estimate of drug-likeness (QED) is 0.705. The fourth-order valence-corrected chi connectivity index (χ4v) is 2.57. The van der Waals surface area contributed by atoms with Gasteiger partial charge in [0, 0.05) is 18.5 Å². The van der Waals surface area contributed by atoms with Crippen molar-refractivity contribution in [3.63, 3.8) is 0 Å². The van der Waals surface area contributed by atoms with Crippen molar-refractivity contribution in [2.75, 3.05) is 6.54 Å². The molecule has 0 fully saturated rings. The van der Waals surface area contributed by atoms with E-state index in [-0.39, 0.29) is 0 Å². The fourth-order valence-electron chi connectivity index (χ4n) is 1.96. The van der Waals surface area contributed by atoms with Crippen LogP contribution in [-0.4, -0.2) is 11.5 Å². The zero-order valence-corrected chi connectivity index (χ0v) is 12.5. The summed E-state index contributed by atoms with van der Waals surface area (Å²) in [6.45, 7) is 11.0. The van der Waals surface area contributed by atoms with Crippen LogP contribution < -0.4 is 5.32 Å². The third-order valence-electron chi connectivity index (χ3n) is 3.03. The van der Waals surface area contributed by atoms with Gasteiger partial charge in [0.25, 0.3) is 0 Å². The van der Waals surface area contributed by atoms with Crippen LogP contribution in [-0.2, 0) is 6.54 Å². The molecule has 0 atom stereocenters. The Kier molecular flexibility index (Phi) is 6.14. The summed E-state index contributed by atoms with van der Waals surface area (Å²) in [6.07, 6.45) is 5.32. The number of aryl methyl sites for hydroxylation is 1. The number of hydrogen-bond donors (Lipinski definition) is 1. The third-order valence-corrected chi connectivity index (χ3v) is 3.86. The third kappa shape index (κ3) is 6.18. The molecule has 17 heavy (non-hydrogen) atoms. The van der Waals surface area contributed by atoms with Gasteiger partial charge in [0.15, 0.2) is 0 Å². The molecule has 1 rings (SSSR count). The molecule has 3 heteroatoms. The van der Waals surface area contributed by atoms with E-state index in [0.29, 0.717) is 5.41 Å². The summed E-state index contributed by atoms with van der Waals surface area (Å²) in [6, 6.07) is 0. The Balaban J connectivity index is 2.20. The number of hydrogen-bond acceptors (Lipinski definition) is 3. The molecule has 0 saturated carbocycles. The fraction of sp³-hybridized carbons (Fsp3) is 0.786. The molecular weight excluding hydrogens is 228 g/mol. The summed E-state index contributed by atoms with van der Waals surface area (Å²) in [7, 11) is 0. The van der Waals surface area contributed by atoms with Crippen LogP contribution >= 0.6 is 11.3 Å². The number of thiazole rings is 1. The van der Waals surface area contributed by atoms with Gasteiger partial charge in [-0.1, -0.05) is 40.0 Å². The summed E-state index contributed by atoms with van der Waals surface area (Å²) in [4.78, 5) is 4.46. The van der Waals surface area contributed by atoms with Crippen molar-refractivity contribution < 1.29 is 0 Å². The van der Waals surface area contributed by atoms with Crippen LogP contribution in [0.3, 0.4) is 0 Å². The van der Waals surface area contributed by atoms with Crippen molar-refractivity contribution in [3.05, 3.63) is 16.1 Å². The lowest BCUT2D eigenvalue weighted by Crippen LogP contribution is -2.29. The first kappa shape index (κ1) is 14.7. The van der Waals surface area contributed by atoms with E-state index in [9.17, 15) is 0 Å². The van der Waals surface area contributed by atoms with Crippen molar-refractivity contribution in [1.82, 2.24) is 10.3 Å². The van der Waals surface area contributed by atoms with Crippen LogP contribution in [0.4, 0.5) is 0 Å². The zero-order chi connectivity index (χ0) is 12.7. The van der Waals surface area contributed by atoms with E-state index in [1.807, 2.05) is 0 Å². The lowest BCUT2D eigenvalue weighted by atomic mass is 9.87. The van der Waals surface area contributed by atoms with E-state index >= 15 is 0 Å². The Hall–Kier alpha value is -0.410. The van der Waals surface area contributed by atoms with E-state index in [0.717, 1.165) is 18.1 Å². The van der Waals surface area contributed by atoms with E-state index in [2.05, 4.69) is 43.4 Å². The van der Waals surface area contributed by atoms with Crippen LogP contribution in [0.5, 0.6) is 0 Å². The molecule has 98 valence electrons. The molecule has 0 saturated heterocycles. The molecule has 0 unspecified atom stereocenters. The largest absolute Gasteiger partial charge is 0.311 e. The van der Waals surface area contributed by atoms with Gasteiger partial charge in [0.1, 0.15) is 0 Å². The average molecular weight is 254 g/mol. The van der Waals surface area contributed by atoms with Crippen LogP contribution in [0.15, 0.2) is 5.38 Å². The van der Waals surface area contributed by atoms with Gasteiger partial charge in [-0.15, -0.1) is 11.3 Å². The predicted octanol–water partition coefficient (Wildman–Crippen LogP) is 4.15. The molecular formula is C14H26N2S. The summed E-state index contributed by atoms with van der Waals surface area (Å²) in [5.41, 5.74) is 1.58. The van der Waals surface area contributed by atoms with Gasteiger partial charge in [-0.3, -0.25) is 0 Å². The Morgan fingerprint density at radius 1 is 1.35 bits per heavy atom. The minimum atomic E-state index is 0.403. The SMILES string of the molecule is CCCCCC(C)(C)CNCc1csc(C)n1. The maximum absolute atomic E-state index is 4.46. The van der Waals surface area contributed by atoms with E-state index < -0.39 is 0 Å². The second kappa shape index (κ2) is 7.12. The standard InChI is InChI=1S/C14H26N2S/c1-5-6-7-8-14(3,4)11-15-9-13-10-17-12(2)16-13/h10,15H,5-9,11H2,1-4H3. The maximum Gasteiger partial charge on any atom is 0.0897 e. The summed E-state index contributed by atoms with van der Waals surface area (Å²) < 4.78 is 0. The monoisotopic (exact) mass is 254 g/mol. The van der Waals surface area contributed by atoms with E-state index in [4.69, 9.17) is 0 Å². The first-order valence-electron chi connectivity index (χ1n) is 6.65. The molecule has 0 aromatic carbocycles. The molecule has 2 nitrogen and oxygen atoms in total. The van der Waals surface area contributed by atoms with Crippen molar-refractivity contribution in [3.8, 4) is 0 Å². The van der Waals surface area contributed by atoms with Crippen LogP contribution in [0.25, 0.3) is 0 Å². The maximum atomic E-state index is 4.46. The number of nitrogens with one attached hydrogen (secondary N) is 1. The summed E-state index contributed by atoms with van der Waals surface area (Å²) in [5.74, 6) is 0. The van der Waals surface area contributed by atoms with E-state index in [1.165, 1.54) is 31.4 Å². The minimum Gasteiger partial charge on any atom is -0.311 e. The van der Waals surface area contributed by atoms with Crippen molar-refractivity contribution >= 4 is 11.3 Å². The molecule has 0 aliphatic heterocycles. The van der Waals surface area contributed by atoms with Gasteiger partial charge in [-0.05, 0) is 18.8 Å². The molecule has 0 spiro atoms. The van der Waals surface area contributed by atoms with Crippen LogP contribution in [0, 0.1) is 12.3 Å². The molecule has 0 radical (unpaired) electrons.